The van der Waals surface area contributed by atoms with Gasteiger partial charge in [0.2, 0.25) is 0 Å². The summed E-state index contributed by atoms with van der Waals surface area (Å²) >= 11 is 0. The van der Waals surface area contributed by atoms with Crippen molar-refractivity contribution in [3.8, 4) is 0 Å². The second kappa shape index (κ2) is 5.05. The lowest BCUT2D eigenvalue weighted by atomic mass is 10.1. The van der Waals surface area contributed by atoms with Gasteiger partial charge in [0.05, 0.1) is 0 Å². The fourth-order valence-electron chi connectivity index (χ4n) is 2.20. The standard InChI is InChI=1S/C17H16N2O2/c1-10-4-6-14(8-11(10)2)19-17(20)13-5-7-15-16(9-13)21-12(3)18-15/h4-9H,1-3H3,(H,19,20). The molecule has 0 atom stereocenters. The maximum atomic E-state index is 12.3. The largest absolute Gasteiger partial charge is 0.441 e. The number of carbonyl (C=O) groups excluding carboxylic acids is 1. The van der Waals surface area contributed by atoms with Gasteiger partial charge >= 0.3 is 0 Å². The molecule has 0 bridgehead atoms. The first-order valence-electron chi connectivity index (χ1n) is 6.79. The summed E-state index contributed by atoms with van der Waals surface area (Å²) in [6, 6.07) is 11.1. The van der Waals surface area contributed by atoms with Crippen molar-refractivity contribution >= 4 is 22.7 Å². The first kappa shape index (κ1) is 13.4. The van der Waals surface area contributed by atoms with Crippen LogP contribution in [0.1, 0.15) is 27.4 Å². The third-order valence-electron chi connectivity index (χ3n) is 3.52. The molecule has 3 rings (SSSR count). The van der Waals surface area contributed by atoms with Gasteiger partial charge in [-0.3, -0.25) is 4.79 Å². The number of hydrogen-bond donors (Lipinski definition) is 1. The maximum Gasteiger partial charge on any atom is 0.255 e. The van der Waals surface area contributed by atoms with Crippen LogP contribution in [0.3, 0.4) is 0 Å². The molecule has 0 aliphatic heterocycles. The Morgan fingerprint density at radius 3 is 2.62 bits per heavy atom. The highest BCUT2D eigenvalue weighted by Gasteiger charge is 2.10. The molecule has 106 valence electrons. The number of amides is 1. The molecule has 0 unspecified atom stereocenters. The van der Waals surface area contributed by atoms with Crippen molar-refractivity contribution in [2.45, 2.75) is 20.8 Å². The zero-order valence-corrected chi connectivity index (χ0v) is 12.2. The molecule has 0 radical (unpaired) electrons. The van der Waals surface area contributed by atoms with Crippen LogP contribution in [-0.2, 0) is 0 Å². The van der Waals surface area contributed by atoms with E-state index in [-0.39, 0.29) is 5.91 Å². The van der Waals surface area contributed by atoms with E-state index in [9.17, 15) is 4.79 Å². The SMILES string of the molecule is Cc1nc2ccc(C(=O)Nc3ccc(C)c(C)c3)cc2o1. The highest BCUT2D eigenvalue weighted by molar-refractivity contribution is 6.05. The number of aromatic nitrogens is 1. The van der Waals surface area contributed by atoms with Gasteiger partial charge < -0.3 is 9.73 Å². The molecule has 0 aliphatic rings. The average molecular weight is 280 g/mol. The zero-order chi connectivity index (χ0) is 15.0. The van der Waals surface area contributed by atoms with Gasteiger partial charge in [0.15, 0.2) is 11.5 Å². The summed E-state index contributed by atoms with van der Waals surface area (Å²) in [5.41, 5.74) is 5.07. The van der Waals surface area contributed by atoms with Crippen molar-refractivity contribution in [3.05, 3.63) is 59.0 Å². The first-order valence-corrected chi connectivity index (χ1v) is 6.79. The first-order chi connectivity index (χ1) is 10.0. The van der Waals surface area contributed by atoms with Crippen LogP contribution in [-0.4, -0.2) is 10.9 Å². The molecule has 3 aromatic rings. The number of fused-ring (bicyclic) bond motifs is 1. The number of anilines is 1. The minimum Gasteiger partial charge on any atom is -0.441 e. The zero-order valence-electron chi connectivity index (χ0n) is 12.2. The Morgan fingerprint density at radius 1 is 1.05 bits per heavy atom. The quantitative estimate of drug-likeness (QED) is 0.771. The van der Waals surface area contributed by atoms with Crippen molar-refractivity contribution in [1.82, 2.24) is 4.98 Å². The van der Waals surface area contributed by atoms with Crippen molar-refractivity contribution in [1.29, 1.82) is 0 Å². The van der Waals surface area contributed by atoms with E-state index >= 15 is 0 Å². The van der Waals surface area contributed by atoms with Crippen LogP contribution >= 0.6 is 0 Å². The number of hydrogen-bond acceptors (Lipinski definition) is 3. The van der Waals surface area contributed by atoms with E-state index in [1.165, 1.54) is 5.56 Å². The second-order valence-electron chi connectivity index (χ2n) is 5.17. The molecule has 4 nitrogen and oxygen atoms in total. The fraction of sp³-hybridized carbons (Fsp3) is 0.176. The van der Waals surface area contributed by atoms with Gasteiger partial charge in [0, 0.05) is 18.2 Å². The summed E-state index contributed by atoms with van der Waals surface area (Å²) < 4.78 is 5.45. The van der Waals surface area contributed by atoms with Crippen molar-refractivity contribution in [3.63, 3.8) is 0 Å². The van der Waals surface area contributed by atoms with Gasteiger partial charge in [-0.05, 0) is 55.3 Å². The average Bonchev–Trinajstić information content (AvgIpc) is 2.82. The maximum absolute atomic E-state index is 12.3. The van der Waals surface area contributed by atoms with Crippen molar-refractivity contribution in [2.75, 3.05) is 5.32 Å². The molecule has 1 amide bonds. The number of rotatable bonds is 2. The van der Waals surface area contributed by atoms with Crippen LogP contribution in [0.4, 0.5) is 5.69 Å². The highest BCUT2D eigenvalue weighted by Crippen LogP contribution is 2.19. The Kier molecular flexibility index (Phi) is 3.22. The molecule has 0 spiro atoms. The van der Waals surface area contributed by atoms with Gasteiger partial charge in [-0.1, -0.05) is 6.07 Å². The molecule has 0 fully saturated rings. The van der Waals surface area contributed by atoms with Crippen LogP contribution in [0, 0.1) is 20.8 Å². The van der Waals surface area contributed by atoms with Gasteiger partial charge in [-0.2, -0.15) is 0 Å². The normalized spacial score (nSPS) is 10.8. The van der Waals surface area contributed by atoms with Crippen LogP contribution in [0.15, 0.2) is 40.8 Å². The fourth-order valence-corrected chi connectivity index (χ4v) is 2.20. The Morgan fingerprint density at radius 2 is 1.86 bits per heavy atom. The molecule has 1 aromatic heterocycles. The second-order valence-corrected chi connectivity index (χ2v) is 5.17. The highest BCUT2D eigenvalue weighted by atomic mass is 16.3. The van der Waals surface area contributed by atoms with E-state index in [0.717, 1.165) is 16.8 Å². The number of nitrogens with one attached hydrogen (secondary N) is 1. The Labute approximate surface area is 122 Å². The molecule has 21 heavy (non-hydrogen) atoms. The molecule has 0 saturated carbocycles. The predicted octanol–water partition coefficient (Wildman–Crippen LogP) is 4.01. The lowest BCUT2D eigenvalue weighted by molar-refractivity contribution is 0.102. The van der Waals surface area contributed by atoms with Gasteiger partial charge in [-0.25, -0.2) is 4.98 Å². The molecule has 4 heteroatoms. The monoisotopic (exact) mass is 280 g/mol. The summed E-state index contributed by atoms with van der Waals surface area (Å²) in [7, 11) is 0. The van der Waals surface area contributed by atoms with Crippen molar-refractivity contribution < 1.29 is 9.21 Å². The van der Waals surface area contributed by atoms with E-state index in [2.05, 4.69) is 10.3 Å². The van der Waals surface area contributed by atoms with E-state index in [0.29, 0.717) is 17.0 Å². The molecule has 1 heterocycles. The molecule has 0 saturated heterocycles. The summed E-state index contributed by atoms with van der Waals surface area (Å²) in [6.45, 7) is 5.85. The molecule has 1 N–H and O–H groups in total. The number of aryl methyl sites for hydroxylation is 3. The number of nitrogens with zero attached hydrogens (tertiary/aromatic N) is 1. The number of oxazole rings is 1. The minimum atomic E-state index is -0.158. The van der Waals surface area contributed by atoms with E-state index in [4.69, 9.17) is 4.42 Å². The van der Waals surface area contributed by atoms with Gasteiger partial charge in [0.25, 0.3) is 5.91 Å². The number of carbonyl (C=O) groups is 1. The van der Waals surface area contributed by atoms with Gasteiger partial charge in [-0.15, -0.1) is 0 Å². The minimum absolute atomic E-state index is 0.158. The third kappa shape index (κ3) is 2.65. The summed E-state index contributed by atoms with van der Waals surface area (Å²) in [4.78, 5) is 16.5. The van der Waals surface area contributed by atoms with E-state index in [1.807, 2.05) is 32.0 Å². The number of benzene rings is 2. The lowest BCUT2D eigenvalue weighted by Gasteiger charge is -2.07. The summed E-state index contributed by atoms with van der Waals surface area (Å²) in [5.74, 6) is 0.436. The summed E-state index contributed by atoms with van der Waals surface area (Å²) in [5, 5.41) is 2.90. The third-order valence-corrected chi connectivity index (χ3v) is 3.52. The molecular formula is C17H16N2O2. The molecular weight excluding hydrogens is 264 g/mol. The van der Waals surface area contributed by atoms with Crippen LogP contribution < -0.4 is 5.32 Å². The Bertz CT molecular complexity index is 834. The predicted molar refractivity (Wildman–Crippen MR) is 82.6 cm³/mol. The van der Waals surface area contributed by atoms with E-state index in [1.54, 1.807) is 25.1 Å². The van der Waals surface area contributed by atoms with Crippen LogP contribution in [0.5, 0.6) is 0 Å². The topological polar surface area (TPSA) is 55.1 Å². The molecule has 0 aliphatic carbocycles. The van der Waals surface area contributed by atoms with Crippen LogP contribution in [0.25, 0.3) is 11.1 Å². The van der Waals surface area contributed by atoms with Crippen molar-refractivity contribution in [2.24, 2.45) is 0 Å². The smallest absolute Gasteiger partial charge is 0.255 e. The Balaban J connectivity index is 1.87. The molecule has 2 aromatic carbocycles. The Hall–Kier alpha value is -2.62. The van der Waals surface area contributed by atoms with Gasteiger partial charge in [0.1, 0.15) is 5.52 Å². The lowest BCUT2D eigenvalue weighted by Crippen LogP contribution is -2.11. The van der Waals surface area contributed by atoms with Crippen LogP contribution in [0.2, 0.25) is 0 Å². The summed E-state index contributed by atoms with van der Waals surface area (Å²) in [6.07, 6.45) is 0. The van der Waals surface area contributed by atoms with E-state index < -0.39 is 0 Å².